The number of hydrogen-bond acceptors (Lipinski definition) is 3. The third kappa shape index (κ3) is 4.71. The smallest absolute Gasteiger partial charge is 0.227 e. The van der Waals surface area contributed by atoms with E-state index in [1.165, 1.54) is 0 Å². The van der Waals surface area contributed by atoms with Crippen LogP contribution in [0.2, 0.25) is 0 Å². The number of nitrogens with zero attached hydrogens (tertiary/aromatic N) is 2. The van der Waals surface area contributed by atoms with E-state index in [-0.39, 0.29) is 11.1 Å². The Morgan fingerprint density at radius 2 is 0.940 bits per heavy atom. The molecule has 9 rings (SSSR count). The maximum absolute atomic E-state index is 15.0. The quantitative estimate of drug-likeness (QED) is 0.0813. The van der Waals surface area contributed by atoms with Gasteiger partial charge in [0, 0.05) is 16.3 Å². The second kappa shape index (κ2) is 11.3. The third-order valence-electron chi connectivity index (χ3n) is 9.08. The second-order valence-corrected chi connectivity index (χ2v) is 12.0. The maximum Gasteiger partial charge on any atom is 0.227 e. The molecule has 3 nitrogen and oxygen atoms in total. The van der Waals surface area contributed by atoms with Crippen LogP contribution in [0.1, 0.15) is 0 Å². The molecule has 2 heterocycles. The predicted molar refractivity (Wildman–Crippen MR) is 186 cm³/mol. The summed E-state index contributed by atoms with van der Waals surface area (Å²) in [4.78, 5) is 9.07. The molecular weight excluding hydrogens is 643 g/mol. The van der Waals surface area contributed by atoms with Crippen molar-refractivity contribution in [3.63, 3.8) is 0 Å². The summed E-state index contributed by atoms with van der Waals surface area (Å²) in [5, 5.41) is 3.51. The minimum absolute atomic E-state index is 0.262. The summed E-state index contributed by atoms with van der Waals surface area (Å²) in [5.41, 5.74) is 5.09. The van der Waals surface area contributed by atoms with Gasteiger partial charge in [0.05, 0.1) is 16.8 Å². The highest BCUT2D eigenvalue weighted by Crippen LogP contribution is 2.39. The van der Waals surface area contributed by atoms with Gasteiger partial charge in [-0.2, -0.15) is 0 Å². The minimum Gasteiger partial charge on any atom is -0.436 e. The molecule has 0 saturated heterocycles. The molecular formula is C42H21F5N2O. The second-order valence-electron chi connectivity index (χ2n) is 12.0. The third-order valence-corrected chi connectivity index (χ3v) is 9.08. The van der Waals surface area contributed by atoms with Crippen LogP contribution in [0.25, 0.3) is 88.5 Å². The summed E-state index contributed by atoms with van der Waals surface area (Å²) in [6.45, 7) is 0. The van der Waals surface area contributed by atoms with Crippen LogP contribution in [0.3, 0.4) is 0 Å². The van der Waals surface area contributed by atoms with E-state index in [1.54, 1.807) is 30.3 Å². The Labute approximate surface area is 280 Å². The van der Waals surface area contributed by atoms with E-state index < -0.39 is 34.6 Å². The van der Waals surface area contributed by atoms with E-state index in [4.69, 9.17) is 4.42 Å². The first kappa shape index (κ1) is 29.7. The standard InChI is InChI=1S/C42H21F5N2O/c43-36-35(37(44)39(46)40(47)38(36)45)41-31-6-2-1-5-29(31)30-18-17-28(21-33(30)48-41)27-16-15-25-19-24(13-14-26(25)20-27)22-9-11-23(12-10-22)42-49-32-7-3-4-8-34(32)50-42/h1-21H. The van der Waals surface area contributed by atoms with Crippen LogP contribution in [-0.2, 0) is 0 Å². The van der Waals surface area contributed by atoms with Gasteiger partial charge < -0.3 is 4.42 Å². The largest absolute Gasteiger partial charge is 0.436 e. The van der Waals surface area contributed by atoms with Gasteiger partial charge in [-0.3, -0.25) is 0 Å². The van der Waals surface area contributed by atoms with Crippen molar-refractivity contribution in [2.24, 2.45) is 0 Å². The Kier molecular flexibility index (Phi) is 6.74. The van der Waals surface area contributed by atoms with Crippen molar-refractivity contribution < 1.29 is 26.4 Å². The molecule has 0 fully saturated rings. The van der Waals surface area contributed by atoms with E-state index in [0.29, 0.717) is 22.2 Å². The molecule has 8 heteroatoms. The fraction of sp³-hybridized carbons (Fsp3) is 0. The highest BCUT2D eigenvalue weighted by atomic mass is 19.2. The zero-order valence-corrected chi connectivity index (χ0v) is 25.8. The van der Waals surface area contributed by atoms with E-state index in [2.05, 4.69) is 16.0 Å². The van der Waals surface area contributed by atoms with Gasteiger partial charge >= 0.3 is 0 Å². The van der Waals surface area contributed by atoms with Crippen molar-refractivity contribution in [2.45, 2.75) is 0 Å². The van der Waals surface area contributed by atoms with E-state index >= 15 is 8.78 Å². The number of aromatic nitrogens is 2. The van der Waals surface area contributed by atoms with Crippen molar-refractivity contribution >= 4 is 43.5 Å². The van der Waals surface area contributed by atoms with Crippen LogP contribution in [0.5, 0.6) is 0 Å². The maximum atomic E-state index is 15.0. The lowest BCUT2D eigenvalue weighted by Gasteiger charge is -2.14. The lowest BCUT2D eigenvalue weighted by molar-refractivity contribution is 0.381. The molecule has 7 aromatic carbocycles. The highest BCUT2D eigenvalue weighted by molar-refractivity contribution is 6.11. The lowest BCUT2D eigenvalue weighted by Crippen LogP contribution is -2.05. The normalized spacial score (nSPS) is 11.7. The van der Waals surface area contributed by atoms with Crippen molar-refractivity contribution in [3.05, 3.63) is 156 Å². The number of oxazole rings is 1. The van der Waals surface area contributed by atoms with Crippen molar-refractivity contribution in [1.29, 1.82) is 0 Å². The van der Waals surface area contributed by atoms with Crippen LogP contribution >= 0.6 is 0 Å². The topological polar surface area (TPSA) is 38.9 Å². The molecule has 0 radical (unpaired) electrons. The average Bonchev–Trinajstić information content (AvgIpc) is 3.60. The summed E-state index contributed by atoms with van der Waals surface area (Å²) in [6, 6.07) is 40.1. The summed E-state index contributed by atoms with van der Waals surface area (Å²) in [5.74, 6) is -9.54. The highest BCUT2D eigenvalue weighted by Gasteiger charge is 2.29. The molecule has 0 N–H and O–H groups in total. The molecule has 0 saturated carbocycles. The van der Waals surface area contributed by atoms with Gasteiger partial charge in [-0.1, -0.05) is 84.9 Å². The number of halogens is 5. The van der Waals surface area contributed by atoms with Gasteiger partial charge in [-0.05, 0) is 80.9 Å². The number of para-hydroxylation sites is 2. The Bertz CT molecular complexity index is 2770. The van der Waals surface area contributed by atoms with Crippen LogP contribution in [-0.4, -0.2) is 9.97 Å². The van der Waals surface area contributed by atoms with Gasteiger partial charge in [-0.15, -0.1) is 0 Å². The van der Waals surface area contributed by atoms with E-state index in [1.807, 2.05) is 91.0 Å². The van der Waals surface area contributed by atoms with Crippen LogP contribution in [0.15, 0.2) is 132 Å². The number of fused-ring (bicyclic) bond motifs is 5. The molecule has 2 aromatic heterocycles. The van der Waals surface area contributed by atoms with Crippen molar-refractivity contribution in [1.82, 2.24) is 9.97 Å². The summed E-state index contributed by atoms with van der Waals surface area (Å²) in [7, 11) is 0. The SMILES string of the molecule is Fc1c(F)c(F)c(-c2nc3cc(-c4ccc5cc(-c6ccc(-c7nc8ccccc8o7)cc6)ccc5c4)ccc3c3ccccc23)c(F)c1F. The van der Waals surface area contributed by atoms with Crippen molar-refractivity contribution in [3.8, 4) is 45.0 Å². The van der Waals surface area contributed by atoms with E-state index in [0.717, 1.165) is 49.7 Å². The molecule has 9 aromatic rings. The fourth-order valence-corrected chi connectivity index (χ4v) is 6.55. The average molecular weight is 665 g/mol. The number of rotatable bonds is 4. The number of pyridine rings is 1. The monoisotopic (exact) mass is 664 g/mol. The van der Waals surface area contributed by atoms with Gasteiger partial charge in [0.2, 0.25) is 11.7 Å². The molecule has 0 atom stereocenters. The molecule has 0 spiro atoms. The Morgan fingerprint density at radius 1 is 0.400 bits per heavy atom. The Balaban J connectivity index is 1.08. The molecule has 0 aliphatic carbocycles. The van der Waals surface area contributed by atoms with Gasteiger partial charge in [0.1, 0.15) is 5.52 Å². The summed E-state index contributed by atoms with van der Waals surface area (Å²) < 4.78 is 78.3. The fourth-order valence-electron chi connectivity index (χ4n) is 6.55. The summed E-state index contributed by atoms with van der Waals surface area (Å²) in [6.07, 6.45) is 0. The zero-order valence-electron chi connectivity index (χ0n) is 25.8. The molecule has 0 unspecified atom stereocenters. The molecule has 0 aliphatic rings. The Hall–Kier alpha value is -6.41. The molecule has 0 bridgehead atoms. The Morgan fingerprint density at radius 3 is 1.64 bits per heavy atom. The van der Waals surface area contributed by atoms with Crippen LogP contribution < -0.4 is 0 Å². The minimum atomic E-state index is -2.21. The van der Waals surface area contributed by atoms with Crippen molar-refractivity contribution in [2.75, 3.05) is 0 Å². The van der Waals surface area contributed by atoms with Gasteiger partial charge in [0.15, 0.2) is 28.9 Å². The first-order chi connectivity index (χ1) is 24.3. The van der Waals surface area contributed by atoms with Gasteiger partial charge in [0.25, 0.3) is 0 Å². The molecule has 0 amide bonds. The molecule has 0 aliphatic heterocycles. The molecule has 50 heavy (non-hydrogen) atoms. The first-order valence-electron chi connectivity index (χ1n) is 15.7. The first-order valence-corrected chi connectivity index (χ1v) is 15.7. The predicted octanol–water partition coefficient (Wildman–Crippen LogP) is 12.0. The zero-order chi connectivity index (χ0) is 34.1. The lowest BCUT2D eigenvalue weighted by atomic mass is 9.95. The molecule has 240 valence electrons. The van der Waals surface area contributed by atoms with Crippen LogP contribution in [0.4, 0.5) is 22.0 Å². The number of benzene rings is 7. The number of hydrogen-bond donors (Lipinski definition) is 0. The van der Waals surface area contributed by atoms with Gasteiger partial charge in [-0.25, -0.2) is 31.9 Å². The summed E-state index contributed by atoms with van der Waals surface area (Å²) >= 11 is 0. The van der Waals surface area contributed by atoms with E-state index in [9.17, 15) is 13.2 Å². The van der Waals surface area contributed by atoms with Crippen LogP contribution in [0, 0.1) is 29.1 Å².